The second-order valence-corrected chi connectivity index (χ2v) is 4.13. The summed E-state index contributed by atoms with van der Waals surface area (Å²) >= 11 is 0. The van der Waals surface area contributed by atoms with Crippen molar-refractivity contribution in [2.24, 2.45) is 5.73 Å². The van der Waals surface area contributed by atoms with Gasteiger partial charge in [0.15, 0.2) is 0 Å². The van der Waals surface area contributed by atoms with Crippen molar-refractivity contribution in [2.75, 3.05) is 5.32 Å². The van der Waals surface area contributed by atoms with E-state index in [1.54, 1.807) is 36.5 Å². The number of amidine groups is 1. The van der Waals surface area contributed by atoms with Gasteiger partial charge in [0.05, 0.1) is 0 Å². The number of hydrogen-bond donors (Lipinski definition) is 4. The lowest BCUT2D eigenvalue weighted by atomic mass is 10.1. The van der Waals surface area contributed by atoms with E-state index in [1.807, 2.05) is 0 Å². The van der Waals surface area contributed by atoms with Crippen LogP contribution in [0.3, 0.4) is 0 Å². The molecule has 1 heterocycles. The summed E-state index contributed by atoms with van der Waals surface area (Å²) in [4.78, 5) is 4.10. The summed E-state index contributed by atoms with van der Waals surface area (Å²) in [6.07, 6.45) is 1.56. The third kappa shape index (κ3) is 2.97. The monoisotopic (exact) mass is 271 g/mol. The van der Waals surface area contributed by atoms with Crippen LogP contribution in [-0.4, -0.2) is 16.5 Å². The number of nitrogens with two attached hydrogens (primary N) is 1. The summed E-state index contributed by atoms with van der Waals surface area (Å²) in [5.74, 6) is -0.248. The van der Waals surface area contributed by atoms with Crippen LogP contribution < -0.4 is 11.1 Å². The molecule has 0 aliphatic rings. The number of rotatable bonds is 5. The van der Waals surface area contributed by atoms with Gasteiger partial charge in [0.25, 0.3) is 0 Å². The van der Waals surface area contributed by atoms with Gasteiger partial charge in [-0.25, -0.2) is 9.37 Å². The molecule has 0 fully saturated rings. The zero-order valence-corrected chi connectivity index (χ0v) is 10.7. The van der Waals surface area contributed by atoms with Crippen LogP contribution in [-0.2, 0) is 6.54 Å². The highest BCUT2D eigenvalue weighted by atomic mass is 19.1. The molecule has 0 atom stereocenters. The fourth-order valence-electron chi connectivity index (χ4n) is 1.71. The second kappa shape index (κ2) is 5.92. The number of nitrogens with one attached hydrogen (secondary N) is 3. The summed E-state index contributed by atoms with van der Waals surface area (Å²) < 4.78 is 13.5. The highest BCUT2D eigenvalue weighted by Crippen LogP contribution is 2.14. The number of benzene rings is 1. The van der Waals surface area contributed by atoms with Crippen molar-refractivity contribution in [2.45, 2.75) is 6.54 Å². The Balaban J connectivity index is 2.20. The molecule has 1 aromatic heterocycles. The van der Waals surface area contributed by atoms with Gasteiger partial charge in [-0.3, -0.25) is 10.8 Å². The Hall–Kier alpha value is -2.76. The van der Waals surface area contributed by atoms with E-state index in [0.717, 1.165) is 0 Å². The van der Waals surface area contributed by atoms with Gasteiger partial charge in [-0.05, 0) is 18.2 Å². The van der Waals surface area contributed by atoms with Crippen LogP contribution in [0.4, 0.5) is 10.2 Å². The van der Waals surface area contributed by atoms with E-state index >= 15 is 0 Å². The number of anilines is 1. The van der Waals surface area contributed by atoms with Crippen molar-refractivity contribution >= 4 is 17.4 Å². The molecule has 2 aromatic rings. The van der Waals surface area contributed by atoms with Crippen molar-refractivity contribution in [3.05, 3.63) is 59.5 Å². The summed E-state index contributed by atoms with van der Waals surface area (Å²) in [7, 11) is 0. The van der Waals surface area contributed by atoms with Gasteiger partial charge in [0, 0.05) is 23.9 Å². The predicted octanol–water partition coefficient (Wildman–Crippen LogP) is 2.14. The Kier molecular flexibility index (Phi) is 4.05. The third-order valence-corrected chi connectivity index (χ3v) is 2.75. The molecule has 1 aromatic carbocycles. The van der Waals surface area contributed by atoms with Gasteiger partial charge in [0.2, 0.25) is 0 Å². The van der Waals surface area contributed by atoms with Crippen LogP contribution in [0.15, 0.2) is 42.6 Å². The lowest BCUT2D eigenvalue weighted by Gasteiger charge is -2.11. The summed E-state index contributed by atoms with van der Waals surface area (Å²) in [6.45, 7) is 0.238. The average Bonchev–Trinajstić information content (AvgIpc) is 2.46. The molecule has 0 saturated heterocycles. The number of hydrogen-bond acceptors (Lipinski definition) is 4. The SMILES string of the molecule is N=C(N)C(=N)c1cccnc1NCc1ccccc1F. The molecule has 0 amide bonds. The minimum atomic E-state index is -0.341. The molecule has 5 N–H and O–H groups in total. The van der Waals surface area contributed by atoms with Gasteiger partial charge in [-0.15, -0.1) is 0 Å². The molecule has 5 nitrogen and oxygen atoms in total. The van der Waals surface area contributed by atoms with Crippen LogP contribution in [0.1, 0.15) is 11.1 Å². The Labute approximate surface area is 115 Å². The smallest absolute Gasteiger partial charge is 0.141 e. The van der Waals surface area contributed by atoms with E-state index in [4.69, 9.17) is 16.6 Å². The molecule has 0 radical (unpaired) electrons. The highest BCUT2D eigenvalue weighted by Gasteiger charge is 2.11. The summed E-state index contributed by atoms with van der Waals surface area (Å²) in [5, 5.41) is 18.0. The normalized spacial score (nSPS) is 10.1. The first-order valence-corrected chi connectivity index (χ1v) is 5.95. The third-order valence-electron chi connectivity index (χ3n) is 2.75. The van der Waals surface area contributed by atoms with Crippen molar-refractivity contribution in [3.8, 4) is 0 Å². The molecule has 102 valence electrons. The van der Waals surface area contributed by atoms with Gasteiger partial charge in [0.1, 0.15) is 23.2 Å². The predicted molar refractivity (Wildman–Crippen MR) is 76.7 cm³/mol. The van der Waals surface area contributed by atoms with Crippen molar-refractivity contribution < 1.29 is 4.39 Å². The minimum absolute atomic E-state index is 0.117. The minimum Gasteiger partial charge on any atom is -0.382 e. The Bertz CT molecular complexity index is 654. The molecule has 20 heavy (non-hydrogen) atoms. The molecule has 0 aliphatic carbocycles. The van der Waals surface area contributed by atoms with E-state index in [-0.39, 0.29) is 23.9 Å². The molecule has 0 saturated carbocycles. The van der Waals surface area contributed by atoms with Gasteiger partial charge in [-0.1, -0.05) is 18.2 Å². The van der Waals surface area contributed by atoms with E-state index in [1.165, 1.54) is 6.07 Å². The molecule has 0 bridgehead atoms. The number of nitrogens with zero attached hydrogens (tertiary/aromatic N) is 1. The molecule has 6 heteroatoms. The fourth-order valence-corrected chi connectivity index (χ4v) is 1.71. The van der Waals surface area contributed by atoms with Crippen LogP contribution in [0.25, 0.3) is 0 Å². The standard InChI is InChI=1S/C14H14FN5/c15-11-6-2-1-4-9(11)8-20-14-10(5-3-7-19-14)12(16)13(17)18/h1-7,16H,8H2,(H3,17,18)(H,19,20). The molecular weight excluding hydrogens is 257 g/mol. The zero-order valence-electron chi connectivity index (χ0n) is 10.7. The molecule has 0 aliphatic heterocycles. The fraction of sp³-hybridized carbons (Fsp3) is 0.0714. The number of pyridine rings is 1. The lowest BCUT2D eigenvalue weighted by Crippen LogP contribution is -2.23. The van der Waals surface area contributed by atoms with E-state index in [0.29, 0.717) is 16.9 Å². The average molecular weight is 271 g/mol. The van der Waals surface area contributed by atoms with E-state index in [9.17, 15) is 4.39 Å². The molecular formula is C14H14FN5. The maximum atomic E-state index is 13.5. The van der Waals surface area contributed by atoms with Crippen LogP contribution in [0.5, 0.6) is 0 Å². The van der Waals surface area contributed by atoms with Gasteiger partial charge < -0.3 is 11.1 Å². The maximum Gasteiger partial charge on any atom is 0.141 e. The van der Waals surface area contributed by atoms with Crippen LogP contribution in [0, 0.1) is 16.6 Å². The van der Waals surface area contributed by atoms with Gasteiger partial charge >= 0.3 is 0 Å². The first kappa shape index (κ1) is 13.7. The first-order chi connectivity index (χ1) is 9.59. The largest absolute Gasteiger partial charge is 0.382 e. The Morgan fingerprint density at radius 2 is 1.95 bits per heavy atom. The lowest BCUT2D eigenvalue weighted by molar-refractivity contribution is 0.613. The zero-order chi connectivity index (χ0) is 14.5. The van der Waals surface area contributed by atoms with Crippen molar-refractivity contribution in [1.29, 1.82) is 10.8 Å². The van der Waals surface area contributed by atoms with E-state index in [2.05, 4.69) is 10.3 Å². The molecule has 0 spiro atoms. The topological polar surface area (TPSA) is 98.6 Å². The maximum absolute atomic E-state index is 13.5. The van der Waals surface area contributed by atoms with Crippen LogP contribution >= 0.6 is 0 Å². The van der Waals surface area contributed by atoms with E-state index < -0.39 is 0 Å². The number of halogens is 1. The molecule has 0 unspecified atom stereocenters. The van der Waals surface area contributed by atoms with Gasteiger partial charge in [-0.2, -0.15) is 0 Å². The van der Waals surface area contributed by atoms with Crippen molar-refractivity contribution in [1.82, 2.24) is 4.98 Å². The number of aromatic nitrogens is 1. The van der Waals surface area contributed by atoms with Crippen molar-refractivity contribution in [3.63, 3.8) is 0 Å². The highest BCUT2D eigenvalue weighted by molar-refractivity contribution is 6.45. The summed E-state index contributed by atoms with van der Waals surface area (Å²) in [5.41, 5.74) is 6.11. The first-order valence-electron chi connectivity index (χ1n) is 5.95. The molecule has 2 rings (SSSR count). The quantitative estimate of drug-likeness (QED) is 0.495. The van der Waals surface area contributed by atoms with Crippen LogP contribution in [0.2, 0.25) is 0 Å². The Morgan fingerprint density at radius 3 is 2.65 bits per heavy atom. The Morgan fingerprint density at radius 1 is 1.20 bits per heavy atom. The second-order valence-electron chi connectivity index (χ2n) is 4.13. The summed E-state index contributed by atoms with van der Waals surface area (Å²) in [6, 6.07) is 9.71.